The molecule has 0 saturated heterocycles. The van der Waals surface area contributed by atoms with Crippen molar-refractivity contribution in [3.63, 3.8) is 0 Å². The van der Waals surface area contributed by atoms with Gasteiger partial charge in [0.2, 0.25) is 0 Å². The Kier molecular flexibility index (Phi) is 7.78. The SMILES string of the molecule is c1ccc(-c2ccc3ccc4ccc(-c5cccc(-c6nc7ccc(N(c8ccccc8)c8ccccc8)cc7c7c6ccc6ccccc67)c5)nc4c3n2)cc1. The van der Waals surface area contributed by atoms with Gasteiger partial charge >= 0.3 is 0 Å². The summed E-state index contributed by atoms with van der Waals surface area (Å²) in [5.41, 5.74) is 11.9. The third-order valence-corrected chi connectivity index (χ3v) is 11.0. The molecular formula is C53H34N4. The highest BCUT2D eigenvalue weighted by molar-refractivity contribution is 6.23. The van der Waals surface area contributed by atoms with Crippen LogP contribution in [0.4, 0.5) is 17.1 Å². The number of fused-ring (bicyclic) bond motifs is 8. The number of pyridine rings is 3. The molecule has 0 aliphatic carbocycles. The summed E-state index contributed by atoms with van der Waals surface area (Å²) >= 11 is 0. The van der Waals surface area contributed by atoms with E-state index in [0.29, 0.717) is 0 Å². The van der Waals surface area contributed by atoms with Crippen LogP contribution in [0.1, 0.15) is 0 Å². The Morgan fingerprint density at radius 1 is 0.316 bits per heavy atom. The van der Waals surface area contributed by atoms with Gasteiger partial charge in [0.25, 0.3) is 0 Å². The largest absolute Gasteiger partial charge is 0.310 e. The normalized spacial score (nSPS) is 11.5. The van der Waals surface area contributed by atoms with Gasteiger partial charge in [0.1, 0.15) is 0 Å². The molecule has 0 atom stereocenters. The molecule has 0 amide bonds. The quantitative estimate of drug-likeness (QED) is 0.160. The van der Waals surface area contributed by atoms with E-state index in [9.17, 15) is 0 Å². The fourth-order valence-electron chi connectivity index (χ4n) is 8.25. The van der Waals surface area contributed by atoms with Crippen molar-refractivity contribution in [2.24, 2.45) is 0 Å². The third kappa shape index (κ3) is 5.74. The monoisotopic (exact) mass is 726 g/mol. The van der Waals surface area contributed by atoms with Crippen molar-refractivity contribution in [1.82, 2.24) is 15.0 Å². The Morgan fingerprint density at radius 3 is 1.58 bits per heavy atom. The van der Waals surface area contributed by atoms with Gasteiger partial charge in [0.05, 0.1) is 33.6 Å². The minimum atomic E-state index is 0.893. The van der Waals surface area contributed by atoms with E-state index in [1.807, 2.05) is 18.2 Å². The lowest BCUT2D eigenvalue weighted by molar-refractivity contribution is 1.29. The van der Waals surface area contributed by atoms with E-state index in [1.54, 1.807) is 0 Å². The molecule has 0 unspecified atom stereocenters. The molecule has 0 radical (unpaired) electrons. The van der Waals surface area contributed by atoms with E-state index in [4.69, 9.17) is 15.0 Å². The molecule has 4 heteroatoms. The molecule has 0 N–H and O–H groups in total. The van der Waals surface area contributed by atoms with Crippen LogP contribution in [0.3, 0.4) is 0 Å². The van der Waals surface area contributed by atoms with Crippen molar-refractivity contribution in [1.29, 1.82) is 0 Å². The summed E-state index contributed by atoms with van der Waals surface area (Å²) in [7, 11) is 0. The van der Waals surface area contributed by atoms with Gasteiger partial charge in [-0.3, -0.25) is 0 Å². The lowest BCUT2D eigenvalue weighted by atomic mass is 9.94. The van der Waals surface area contributed by atoms with E-state index in [0.717, 1.165) is 88.9 Å². The van der Waals surface area contributed by atoms with Crippen LogP contribution in [-0.4, -0.2) is 15.0 Å². The first-order chi connectivity index (χ1) is 28.2. The lowest BCUT2D eigenvalue weighted by Crippen LogP contribution is -2.09. The van der Waals surface area contributed by atoms with Crippen LogP contribution < -0.4 is 4.90 Å². The molecule has 11 aromatic rings. The van der Waals surface area contributed by atoms with Crippen LogP contribution in [0.2, 0.25) is 0 Å². The molecule has 0 spiro atoms. The number of hydrogen-bond acceptors (Lipinski definition) is 4. The summed E-state index contributed by atoms with van der Waals surface area (Å²) < 4.78 is 0. The second-order valence-electron chi connectivity index (χ2n) is 14.4. The molecular weight excluding hydrogens is 693 g/mol. The number of hydrogen-bond donors (Lipinski definition) is 0. The van der Waals surface area contributed by atoms with Gasteiger partial charge in [-0.05, 0) is 71.4 Å². The molecule has 57 heavy (non-hydrogen) atoms. The first-order valence-electron chi connectivity index (χ1n) is 19.3. The minimum Gasteiger partial charge on any atom is -0.310 e. The van der Waals surface area contributed by atoms with Gasteiger partial charge in [-0.2, -0.15) is 0 Å². The van der Waals surface area contributed by atoms with Crippen LogP contribution in [0.5, 0.6) is 0 Å². The standard InChI is InChI=1S/C53H34N4/c1-4-14-36(15-5-1)47-30-26-37-23-24-38-27-31-48(55-53(38)52(37)54-47)39-16-12-17-40(33-39)51-45-29-25-35-13-10-11-22-44(35)50(45)46-34-43(28-32-49(46)56-51)57(41-18-6-2-7-19-41)42-20-8-3-9-21-42/h1-34H. The van der Waals surface area contributed by atoms with Gasteiger partial charge in [0, 0.05) is 60.7 Å². The molecule has 0 aliphatic heterocycles. The number of rotatable bonds is 6. The zero-order valence-corrected chi connectivity index (χ0v) is 30.9. The summed E-state index contributed by atoms with van der Waals surface area (Å²) in [5, 5.41) is 7.94. The third-order valence-electron chi connectivity index (χ3n) is 11.0. The van der Waals surface area contributed by atoms with Gasteiger partial charge < -0.3 is 4.90 Å². The van der Waals surface area contributed by atoms with Crippen molar-refractivity contribution in [2.45, 2.75) is 0 Å². The van der Waals surface area contributed by atoms with Crippen LogP contribution in [0.25, 0.3) is 88.0 Å². The summed E-state index contributed by atoms with van der Waals surface area (Å²) in [6.07, 6.45) is 0. The highest BCUT2D eigenvalue weighted by Crippen LogP contribution is 2.42. The van der Waals surface area contributed by atoms with Crippen molar-refractivity contribution in [3.05, 3.63) is 206 Å². The number of anilines is 3. The second kappa shape index (κ2) is 13.6. The van der Waals surface area contributed by atoms with E-state index < -0.39 is 0 Å². The Morgan fingerprint density at radius 2 is 0.877 bits per heavy atom. The zero-order chi connectivity index (χ0) is 37.7. The van der Waals surface area contributed by atoms with E-state index >= 15 is 0 Å². The molecule has 11 rings (SSSR count). The van der Waals surface area contributed by atoms with Gasteiger partial charge in [-0.25, -0.2) is 15.0 Å². The first-order valence-corrected chi connectivity index (χ1v) is 19.3. The number of para-hydroxylation sites is 2. The Labute approximate surface area is 330 Å². The average Bonchev–Trinajstić information content (AvgIpc) is 3.29. The van der Waals surface area contributed by atoms with Crippen LogP contribution in [-0.2, 0) is 0 Å². The molecule has 0 fully saturated rings. The van der Waals surface area contributed by atoms with Crippen LogP contribution in [0.15, 0.2) is 206 Å². The summed E-state index contributed by atoms with van der Waals surface area (Å²) in [4.78, 5) is 18.2. The number of aromatic nitrogens is 3. The fraction of sp³-hybridized carbons (Fsp3) is 0. The summed E-state index contributed by atoms with van der Waals surface area (Å²) in [6, 6.07) is 72.6. The van der Waals surface area contributed by atoms with Crippen molar-refractivity contribution in [3.8, 4) is 33.8 Å². The van der Waals surface area contributed by atoms with Crippen LogP contribution >= 0.6 is 0 Å². The maximum atomic E-state index is 5.44. The first kappa shape index (κ1) is 32.7. The molecule has 0 bridgehead atoms. The van der Waals surface area contributed by atoms with Crippen molar-refractivity contribution >= 4 is 71.3 Å². The number of benzene rings is 8. The highest BCUT2D eigenvalue weighted by atomic mass is 15.1. The fourth-order valence-corrected chi connectivity index (χ4v) is 8.25. The average molecular weight is 727 g/mol. The zero-order valence-electron chi connectivity index (χ0n) is 30.9. The van der Waals surface area contributed by atoms with Gasteiger partial charge in [0.15, 0.2) is 0 Å². The molecule has 3 heterocycles. The Balaban J connectivity index is 1.08. The van der Waals surface area contributed by atoms with Crippen LogP contribution in [0, 0.1) is 0 Å². The van der Waals surface area contributed by atoms with Gasteiger partial charge in [-0.15, -0.1) is 0 Å². The predicted octanol–water partition coefficient (Wildman–Crippen LogP) is 14.1. The smallest absolute Gasteiger partial charge is 0.0972 e. The highest BCUT2D eigenvalue weighted by Gasteiger charge is 2.18. The van der Waals surface area contributed by atoms with Crippen molar-refractivity contribution < 1.29 is 0 Å². The van der Waals surface area contributed by atoms with E-state index in [2.05, 4.69) is 193 Å². The number of nitrogens with zero attached hydrogens (tertiary/aromatic N) is 4. The lowest BCUT2D eigenvalue weighted by Gasteiger charge is -2.26. The Hall–Kier alpha value is -7.69. The summed E-state index contributed by atoms with van der Waals surface area (Å²) in [5.74, 6) is 0. The Bertz CT molecular complexity index is 3250. The minimum absolute atomic E-state index is 0.893. The van der Waals surface area contributed by atoms with Crippen molar-refractivity contribution in [2.75, 3.05) is 4.90 Å². The molecule has 3 aromatic heterocycles. The van der Waals surface area contributed by atoms with Gasteiger partial charge in [-0.1, -0.05) is 146 Å². The predicted molar refractivity (Wildman–Crippen MR) is 238 cm³/mol. The topological polar surface area (TPSA) is 41.9 Å². The summed E-state index contributed by atoms with van der Waals surface area (Å²) in [6.45, 7) is 0. The van der Waals surface area contributed by atoms with E-state index in [1.165, 1.54) is 16.2 Å². The molecule has 4 nitrogen and oxygen atoms in total. The molecule has 0 aliphatic rings. The maximum absolute atomic E-state index is 5.44. The second-order valence-corrected chi connectivity index (χ2v) is 14.4. The molecule has 8 aromatic carbocycles. The molecule has 266 valence electrons. The molecule has 0 saturated carbocycles. The maximum Gasteiger partial charge on any atom is 0.0972 e. The van der Waals surface area contributed by atoms with E-state index in [-0.39, 0.29) is 0 Å².